The molecule has 3 heterocycles. The third-order valence-corrected chi connectivity index (χ3v) is 7.63. The van der Waals surface area contributed by atoms with E-state index in [4.69, 9.17) is 23.7 Å². The summed E-state index contributed by atoms with van der Waals surface area (Å²) in [5.41, 5.74) is 0.174. The first-order chi connectivity index (χ1) is 20.4. The van der Waals surface area contributed by atoms with E-state index < -0.39 is 47.4 Å². The number of ether oxygens (including phenoxy) is 5. The molecule has 0 radical (unpaired) electrons. The monoisotopic (exact) mass is 571 g/mol. The van der Waals surface area contributed by atoms with Crippen LogP contribution in [0.2, 0.25) is 0 Å². The van der Waals surface area contributed by atoms with Gasteiger partial charge < -0.3 is 29.0 Å². The van der Waals surface area contributed by atoms with E-state index in [0.29, 0.717) is 11.5 Å². The van der Waals surface area contributed by atoms with E-state index in [2.05, 4.69) is 10.3 Å². The number of fused-ring (bicyclic) bond motifs is 1. The van der Waals surface area contributed by atoms with Crippen molar-refractivity contribution in [1.29, 1.82) is 0 Å². The third kappa shape index (κ3) is 4.82. The summed E-state index contributed by atoms with van der Waals surface area (Å²) in [5, 5.41) is 2.73. The zero-order valence-electron chi connectivity index (χ0n) is 22.9. The van der Waals surface area contributed by atoms with Crippen molar-refractivity contribution in [3.63, 3.8) is 0 Å². The van der Waals surface area contributed by atoms with Crippen LogP contribution >= 0.6 is 0 Å². The molecule has 0 aliphatic carbocycles. The van der Waals surface area contributed by atoms with Crippen LogP contribution in [0.4, 0.5) is 4.79 Å². The number of alkyl carbamates (subject to hydrolysis) is 1. The van der Waals surface area contributed by atoms with Crippen LogP contribution in [0.25, 0.3) is 0 Å². The Morgan fingerprint density at radius 1 is 0.810 bits per heavy atom. The van der Waals surface area contributed by atoms with Gasteiger partial charge in [-0.15, -0.1) is 0 Å². The number of carbonyl (C=O) groups excluding carboxylic acids is 1. The standard InChI is InChI=1S/C31H29N3O8/c1-38-22-12-8-20(9-13-22)31(19-6-4-3-5-7-19,21-10-14-23(39-2)15-11-21)40-18-24-27-26(33-30(37)42-27)28(41-24)34-17-16-25(35)32-29(34)36/h3-17,24,26-28H,18H2,1-2H3,(H,33,37)(H,32,35,36)/t24-,26-,27-,28-/m1/s1. The van der Waals surface area contributed by atoms with Gasteiger partial charge in [0, 0.05) is 12.3 Å². The molecule has 4 atom stereocenters. The minimum atomic E-state index is -1.12. The first-order valence-corrected chi connectivity index (χ1v) is 13.4. The van der Waals surface area contributed by atoms with Crippen molar-refractivity contribution in [2.24, 2.45) is 0 Å². The molecule has 0 spiro atoms. The number of hydrogen-bond acceptors (Lipinski definition) is 8. The van der Waals surface area contributed by atoms with Crippen LogP contribution in [-0.4, -0.2) is 54.7 Å². The second-order valence-corrected chi connectivity index (χ2v) is 9.94. The fourth-order valence-corrected chi connectivity index (χ4v) is 5.61. The van der Waals surface area contributed by atoms with Crippen molar-refractivity contribution >= 4 is 6.09 Å². The average molecular weight is 572 g/mol. The number of amides is 1. The summed E-state index contributed by atoms with van der Waals surface area (Å²) < 4.78 is 30.8. The van der Waals surface area contributed by atoms with Crippen molar-refractivity contribution in [1.82, 2.24) is 14.9 Å². The lowest BCUT2D eigenvalue weighted by Gasteiger charge is -2.37. The Hall–Kier alpha value is -4.87. The Kier molecular flexibility index (Phi) is 7.27. The molecule has 4 aromatic rings. The van der Waals surface area contributed by atoms with Crippen LogP contribution in [0, 0.1) is 0 Å². The van der Waals surface area contributed by atoms with Crippen molar-refractivity contribution in [2.75, 3.05) is 20.8 Å². The fourth-order valence-electron chi connectivity index (χ4n) is 5.61. The van der Waals surface area contributed by atoms with Gasteiger partial charge in [0.1, 0.15) is 29.2 Å². The minimum absolute atomic E-state index is 0.0162. The minimum Gasteiger partial charge on any atom is -0.497 e. The summed E-state index contributed by atoms with van der Waals surface area (Å²) in [6.45, 7) is -0.0162. The molecular weight excluding hydrogens is 542 g/mol. The number of aromatic nitrogens is 2. The van der Waals surface area contributed by atoms with E-state index in [1.54, 1.807) is 14.2 Å². The molecule has 0 unspecified atom stereocenters. The lowest BCUT2D eigenvalue weighted by Crippen LogP contribution is -2.41. The molecular formula is C31H29N3O8. The van der Waals surface area contributed by atoms with E-state index in [1.807, 2.05) is 78.9 Å². The third-order valence-electron chi connectivity index (χ3n) is 7.63. The van der Waals surface area contributed by atoms with Gasteiger partial charge in [-0.3, -0.25) is 14.3 Å². The first kappa shape index (κ1) is 27.3. The van der Waals surface area contributed by atoms with Crippen LogP contribution in [-0.2, 0) is 19.8 Å². The maximum Gasteiger partial charge on any atom is 0.408 e. The maximum atomic E-state index is 12.6. The molecule has 1 aromatic heterocycles. The number of rotatable bonds is 9. The summed E-state index contributed by atoms with van der Waals surface area (Å²) in [7, 11) is 3.21. The maximum absolute atomic E-state index is 12.6. The molecule has 6 rings (SSSR count). The molecule has 216 valence electrons. The molecule has 0 bridgehead atoms. The molecule has 42 heavy (non-hydrogen) atoms. The van der Waals surface area contributed by atoms with Gasteiger partial charge in [-0.2, -0.15) is 0 Å². The van der Waals surface area contributed by atoms with Crippen LogP contribution in [0.3, 0.4) is 0 Å². The zero-order chi connectivity index (χ0) is 29.3. The number of nitrogens with one attached hydrogen (secondary N) is 2. The summed E-state index contributed by atoms with van der Waals surface area (Å²) in [6.07, 6.45) is -1.72. The molecule has 2 aliphatic heterocycles. The first-order valence-electron chi connectivity index (χ1n) is 13.4. The van der Waals surface area contributed by atoms with Gasteiger partial charge in [-0.1, -0.05) is 54.6 Å². The second kappa shape index (κ2) is 11.2. The molecule has 1 amide bonds. The predicted molar refractivity (Wildman–Crippen MR) is 151 cm³/mol. The topological polar surface area (TPSA) is 130 Å². The normalized spacial score (nSPS) is 21.3. The SMILES string of the molecule is COc1ccc(C(OC[C@H]2O[C@@H](n3ccc(=O)[nH]c3=O)[C@@H]3NC(=O)O[C@@H]32)(c2ccccc2)c2ccc(OC)cc2)cc1. The Bertz CT molecular complexity index is 1620. The van der Waals surface area contributed by atoms with Gasteiger partial charge in [-0.25, -0.2) is 9.59 Å². The molecule has 2 fully saturated rings. The molecule has 2 aliphatic rings. The van der Waals surface area contributed by atoms with Gasteiger partial charge >= 0.3 is 11.8 Å². The fraction of sp³-hybridized carbons (Fsp3) is 0.258. The Labute approximate surface area is 240 Å². The highest BCUT2D eigenvalue weighted by Crippen LogP contribution is 2.43. The molecule has 3 aromatic carbocycles. The Balaban J connectivity index is 1.42. The van der Waals surface area contributed by atoms with Gasteiger partial charge in [0.05, 0.1) is 20.8 Å². The number of benzene rings is 3. The molecule has 2 saturated heterocycles. The lowest BCUT2D eigenvalue weighted by atomic mass is 9.80. The number of hydrogen-bond donors (Lipinski definition) is 2. The summed E-state index contributed by atoms with van der Waals surface area (Å²) >= 11 is 0. The van der Waals surface area contributed by atoms with Crippen LogP contribution in [0.5, 0.6) is 11.5 Å². The highest BCUT2D eigenvalue weighted by molar-refractivity contribution is 5.70. The summed E-state index contributed by atoms with van der Waals surface area (Å²) in [6, 6.07) is 25.5. The molecule has 2 N–H and O–H groups in total. The summed E-state index contributed by atoms with van der Waals surface area (Å²) in [4.78, 5) is 38.8. The van der Waals surface area contributed by atoms with Crippen LogP contribution < -0.4 is 26.0 Å². The van der Waals surface area contributed by atoms with E-state index in [0.717, 1.165) is 16.7 Å². The number of aromatic amines is 1. The van der Waals surface area contributed by atoms with E-state index in [9.17, 15) is 14.4 Å². The number of nitrogens with zero attached hydrogens (tertiary/aromatic N) is 1. The van der Waals surface area contributed by atoms with Gasteiger partial charge in [0.15, 0.2) is 12.3 Å². The number of H-pyrrole nitrogens is 1. The average Bonchev–Trinajstić information content (AvgIpc) is 3.56. The van der Waals surface area contributed by atoms with E-state index in [-0.39, 0.29) is 6.61 Å². The van der Waals surface area contributed by atoms with Crippen molar-refractivity contribution in [3.8, 4) is 11.5 Å². The number of carbonyl (C=O) groups is 1. The van der Waals surface area contributed by atoms with Crippen LogP contribution in [0.1, 0.15) is 22.9 Å². The predicted octanol–water partition coefficient (Wildman–Crippen LogP) is 2.94. The largest absolute Gasteiger partial charge is 0.497 e. The lowest BCUT2D eigenvalue weighted by molar-refractivity contribution is -0.0970. The summed E-state index contributed by atoms with van der Waals surface area (Å²) in [5.74, 6) is 1.38. The van der Waals surface area contributed by atoms with Crippen molar-refractivity contribution in [3.05, 3.63) is 129 Å². The van der Waals surface area contributed by atoms with Crippen LogP contribution in [0.15, 0.2) is 101 Å². The quantitative estimate of drug-likeness (QED) is 0.294. The smallest absolute Gasteiger partial charge is 0.408 e. The second-order valence-electron chi connectivity index (χ2n) is 9.94. The van der Waals surface area contributed by atoms with Gasteiger partial charge in [0.25, 0.3) is 5.56 Å². The highest BCUT2D eigenvalue weighted by atomic mass is 16.6. The molecule has 0 saturated carbocycles. The molecule has 11 nitrogen and oxygen atoms in total. The Morgan fingerprint density at radius 2 is 1.40 bits per heavy atom. The number of methoxy groups -OCH3 is 2. The van der Waals surface area contributed by atoms with Gasteiger partial charge in [-0.05, 0) is 41.0 Å². The van der Waals surface area contributed by atoms with Crippen molar-refractivity contribution < 1.29 is 28.5 Å². The van der Waals surface area contributed by atoms with E-state index >= 15 is 0 Å². The highest BCUT2D eigenvalue weighted by Gasteiger charge is 2.54. The Morgan fingerprint density at radius 3 is 1.98 bits per heavy atom. The van der Waals surface area contributed by atoms with E-state index in [1.165, 1.54) is 16.8 Å². The zero-order valence-corrected chi connectivity index (χ0v) is 22.9. The van der Waals surface area contributed by atoms with Crippen molar-refractivity contribution in [2.45, 2.75) is 30.1 Å². The van der Waals surface area contributed by atoms with Gasteiger partial charge in [0.2, 0.25) is 0 Å². The molecule has 11 heteroatoms.